The summed E-state index contributed by atoms with van der Waals surface area (Å²) in [5.74, 6) is 5.04. The first-order valence-corrected chi connectivity index (χ1v) is 21.0. The van der Waals surface area contributed by atoms with Gasteiger partial charge >= 0.3 is 11.9 Å². The molecule has 0 amide bonds. The summed E-state index contributed by atoms with van der Waals surface area (Å²) in [6.45, 7) is 6.50. The van der Waals surface area contributed by atoms with E-state index < -0.39 is 0 Å². The highest BCUT2D eigenvalue weighted by Crippen LogP contribution is 2.60. The molecular formula is C41H54N2O4S2. The Hall–Kier alpha value is -2.42. The fraction of sp³-hybridized carbons (Fsp3) is 0.707. The first-order valence-electron chi connectivity index (χ1n) is 19.3. The van der Waals surface area contributed by atoms with Gasteiger partial charge in [-0.05, 0) is 131 Å². The largest absolute Gasteiger partial charge is 0.425 e. The molecule has 0 saturated heterocycles. The molecule has 1 heterocycles. The number of hydrogen-bond donors (Lipinski definition) is 0. The highest BCUT2D eigenvalue weighted by Gasteiger charge is 2.38. The van der Waals surface area contributed by atoms with E-state index in [1.807, 2.05) is 19.1 Å². The van der Waals surface area contributed by atoms with Crippen molar-refractivity contribution in [3.63, 3.8) is 0 Å². The molecule has 1 aromatic rings. The van der Waals surface area contributed by atoms with Crippen molar-refractivity contribution in [2.45, 2.75) is 146 Å². The number of fused-ring (bicyclic) bond motifs is 1. The average Bonchev–Trinajstić information content (AvgIpc) is 3.59. The maximum absolute atomic E-state index is 13.6. The summed E-state index contributed by atoms with van der Waals surface area (Å²) in [6, 6.07) is 5.80. The van der Waals surface area contributed by atoms with Gasteiger partial charge in [0.25, 0.3) is 0 Å². The third-order valence-corrected chi connectivity index (χ3v) is 15.7. The van der Waals surface area contributed by atoms with Crippen LogP contribution in [0.1, 0.15) is 135 Å². The molecule has 0 atom stereocenters. The van der Waals surface area contributed by atoms with E-state index in [4.69, 9.17) is 9.47 Å². The summed E-state index contributed by atoms with van der Waals surface area (Å²) in [6.07, 6.45) is 21.1. The summed E-state index contributed by atoms with van der Waals surface area (Å²) in [5.41, 5.74) is 0.725. The van der Waals surface area contributed by atoms with Crippen molar-refractivity contribution in [3.8, 4) is 23.6 Å². The van der Waals surface area contributed by atoms with Gasteiger partial charge in [0, 0.05) is 0 Å². The SMILES string of the molecule is CCC1CCC(C2CCC(C(=O)Oc3cc(C)c(OC(=O)C4CCC(C5CCC(CC)CC5)CC4)c4c3SC(=C(C#N)C#N)S4)CC2)CC1. The van der Waals surface area contributed by atoms with Gasteiger partial charge in [-0.25, -0.2) is 0 Å². The summed E-state index contributed by atoms with van der Waals surface area (Å²) in [7, 11) is 0. The van der Waals surface area contributed by atoms with Gasteiger partial charge in [0.05, 0.1) is 25.9 Å². The van der Waals surface area contributed by atoms with E-state index >= 15 is 0 Å². The molecule has 4 saturated carbocycles. The number of aryl methyl sites for hydroxylation is 1. The number of ether oxygens (including phenoxy) is 2. The molecule has 0 bridgehead atoms. The van der Waals surface area contributed by atoms with Gasteiger partial charge in [-0.15, -0.1) is 0 Å². The van der Waals surface area contributed by atoms with Gasteiger partial charge in [0.2, 0.25) is 0 Å². The Bertz CT molecular complexity index is 1460. The van der Waals surface area contributed by atoms with Crippen molar-refractivity contribution in [3.05, 3.63) is 21.4 Å². The summed E-state index contributed by atoms with van der Waals surface area (Å²) < 4.78 is 12.9. The van der Waals surface area contributed by atoms with Crippen molar-refractivity contribution in [1.82, 2.24) is 0 Å². The van der Waals surface area contributed by atoms with Crippen LogP contribution in [0.4, 0.5) is 0 Å². The summed E-state index contributed by atoms with van der Waals surface area (Å²) in [4.78, 5) is 28.5. The molecule has 8 heteroatoms. The lowest BCUT2D eigenvalue weighted by Gasteiger charge is -2.37. The predicted octanol–water partition coefficient (Wildman–Crippen LogP) is 11.3. The van der Waals surface area contributed by atoms with Crippen LogP contribution in [-0.2, 0) is 9.59 Å². The van der Waals surface area contributed by atoms with Gasteiger partial charge in [0.1, 0.15) is 29.2 Å². The van der Waals surface area contributed by atoms with E-state index in [0.717, 1.165) is 75.0 Å². The number of carbonyl (C=O) groups excluding carboxylic acids is 2. The fourth-order valence-corrected chi connectivity index (χ4v) is 12.3. The lowest BCUT2D eigenvalue weighted by Crippen LogP contribution is -2.30. The maximum atomic E-state index is 13.6. The Morgan fingerprint density at radius 2 is 1.06 bits per heavy atom. The average molecular weight is 703 g/mol. The second-order valence-corrected chi connectivity index (χ2v) is 18.0. The Morgan fingerprint density at radius 1 is 0.653 bits per heavy atom. The van der Waals surface area contributed by atoms with Gasteiger partial charge < -0.3 is 9.47 Å². The van der Waals surface area contributed by atoms with Crippen LogP contribution in [0.5, 0.6) is 11.5 Å². The lowest BCUT2D eigenvalue weighted by molar-refractivity contribution is -0.142. The zero-order valence-electron chi connectivity index (χ0n) is 29.8. The zero-order chi connectivity index (χ0) is 34.5. The first-order chi connectivity index (χ1) is 23.8. The smallest absolute Gasteiger partial charge is 0.314 e. The number of rotatable bonds is 8. The minimum absolute atomic E-state index is 0.0102. The van der Waals surface area contributed by atoms with Gasteiger partial charge in [-0.2, -0.15) is 10.5 Å². The minimum atomic E-state index is -0.205. The predicted molar refractivity (Wildman–Crippen MR) is 195 cm³/mol. The molecule has 6 rings (SSSR count). The number of thioether (sulfide) groups is 2. The number of carbonyl (C=O) groups is 2. The van der Waals surface area contributed by atoms with E-state index in [-0.39, 0.29) is 29.3 Å². The quantitative estimate of drug-likeness (QED) is 0.150. The van der Waals surface area contributed by atoms with Crippen LogP contribution in [-0.4, -0.2) is 11.9 Å². The molecular weight excluding hydrogens is 649 g/mol. The Balaban J connectivity index is 1.11. The molecule has 0 radical (unpaired) electrons. The van der Waals surface area contributed by atoms with E-state index in [0.29, 0.717) is 42.9 Å². The Kier molecular flexibility index (Phi) is 12.4. The Labute approximate surface area is 302 Å². The normalized spacial score (nSPS) is 31.6. The number of allylic oxidation sites excluding steroid dienone is 1. The summed E-state index contributed by atoms with van der Waals surface area (Å²) >= 11 is 2.53. The second-order valence-electron chi connectivity index (χ2n) is 15.7. The van der Waals surface area contributed by atoms with Gasteiger partial charge in [0.15, 0.2) is 0 Å². The topological polar surface area (TPSA) is 100 Å². The molecule has 264 valence electrons. The number of hydrogen-bond acceptors (Lipinski definition) is 8. The van der Waals surface area contributed by atoms with Crippen LogP contribution in [0.15, 0.2) is 25.7 Å². The van der Waals surface area contributed by atoms with E-state index in [9.17, 15) is 20.1 Å². The van der Waals surface area contributed by atoms with Crippen LogP contribution in [0.25, 0.3) is 0 Å². The molecule has 5 aliphatic rings. The minimum Gasteiger partial charge on any atom is -0.425 e. The molecule has 0 spiro atoms. The molecule has 6 nitrogen and oxygen atoms in total. The molecule has 0 unspecified atom stereocenters. The summed E-state index contributed by atoms with van der Waals surface area (Å²) in [5, 5.41) is 19.3. The van der Waals surface area contributed by atoms with Crippen LogP contribution in [0.2, 0.25) is 0 Å². The van der Waals surface area contributed by atoms with Crippen LogP contribution in [0.3, 0.4) is 0 Å². The van der Waals surface area contributed by atoms with Crippen LogP contribution in [0, 0.1) is 76.9 Å². The number of esters is 2. The number of benzene rings is 1. The van der Waals surface area contributed by atoms with E-state index in [1.165, 1.54) is 87.7 Å². The molecule has 1 aliphatic heterocycles. The van der Waals surface area contributed by atoms with Crippen molar-refractivity contribution >= 4 is 35.5 Å². The molecule has 0 N–H and O–H groups in total. The first kappa shape index (κ1) is 36.4. The van der Waals surface area contributed by atoms with Crippen molar-refractivity contribution in [2.24, 2.45) is 47.3 Å². The Morgan fingerprint density at radius 3 is 1.49 bits per heavy atom. The lowest BCUT2D eigenvalue weighted by atomic mass is 9.69. The third kappa shape index (κ3) is 8.39. The van der Waals surface area contributed by atoms with Crippen molar-refractivity contribution in [2.75, 3.05) is 0 Å². The fourth-order valence-electron chi connectivity index (χ4n) is 9.70. The standard InChI is InChI=1S/C41H54N2O4S2/c1-4-26-6-10-28(11-7-26)30-14-18-32(19-15-30)39(44)46-35-22-25(3)36(38-37(35)48-41(49-38)34(23-42)24-43)47-40(45)33-20-16-31(17-21-33)29-12-8-27(5-2)9-13-29/h22,26-33H,4-21H2,1-3H3. The number of nitrogens with zero attached hydrogens (tertiary/aromatic N) is 2. The molecule has 49 heavy (non-hydrogen) atoms. The molecule has 0 aromatic heterocycles. The second kappa shape index (κ2) is 16.7. The maximum Gasteiger partial charge on any atom is 0.314 e. The molecule has 1 aromatic carbocycles. The van der Waals surface area contributed by atoms with Gasteiger partial charge in [-0.3, -0.25) is 9.59 Å². The monoisotopic (exact) mass is 702 g/mol. The van der Waals surface area contributed by atoms with Crippen molar-refractivity contribution < 1.29 is 19.1 Å². The van der Waals surface area contributed by atoms with Crippen LogP contribution >= 0.6 is 23.5 Å². The highest BCUT2D eigenvalue weighted by molar-refractivity contribution is 8.24. The third-order valence-electron chi connectivity index (χ3n) is 13.1. The van der Waals surface area contributed by atoms with Crippen LogP contribution < -0.4 is 9.47 Å². The van der Waals surface area contributed by atoms with E-state index in [2.05, 4.69) is 13.8 Å². The number of nitriles is 2. The zero-order valence-corrected chi connectivity index (χ0v) is 31.4. The van der Waals surface area contributed by atoms with E-state index in [1.54, 1.807) is 6.07 Å². The highest BCUT2D eigenvalue weighted by atomic mass is 32.2. The van der Waals surface area contributed by atoms with Gasteiger partial charge in [-0.1, -0.05) is 75.9 Å². The van der Waals surface area contributed by atoms with Crippen molar-refractivity contribution in [1.29, 1.82) is 10.5 Å². The molecule has 4 fully saturated rings. The molecule has 4 aliphatic carbocycles.